The minimum absolute atomic E-state index is 0.175. The molecule has 0 saturated heterocycles. The highest BCUT2D eigenvalue weighted by Crippen LogP contribution is 2.34. The van der Waals surface area contributed by atoms with Crippen molar-refractivity contribution in [2.24, 2.45) is 0 Å². The van der Waals surface area contributed by atoms with Crippen LogP contribution in [0.15, 0.2) is 57.7 Å². The fourth-order valence-electron chi connectivity index (χ4n) is 2.45. The molecule has 3 aromatic rings. The third-order valence-corrected chi connectivity index (χ3v) is 3.62. The lowest BCUT2D eigenvalue weighted by molar-refractivity contribution is -0.118. The van der Waals surface area contributed by atoms with Crippen LogP contribution in [-0.2, 0) is 4.79 Å². The summed E-state index contributed by atoms with van der Waals surface area (Å²) in [4.78, 5) is 23.3. The molecule has 1 N–H and O–H groups in total. The second kappa shape index (κ2) is 6.20. The number of amides is 1. The number of nitrogens with one attached hydrogen (secondary N) is 1. The van der Waals surface area contributed by atoms with Crippen molar-refractivity contribution in [2.45, 2.75) is 0 Å². The van der Waals surface area contributed by atoms with E-state index < -0.39 is 5.63 Å². The summed E-state index contributed by atoms with van der Waals surface area (Å²) in [6.07, 6.45) is 0. The number of fused-ring (bicyclic) bond motifs is 2. The molecular formula is C18H13NO6. The van der Waals surface area contributed by atoms with Crippen LogP contribution in [0.2, 0.25) is 0 Å². The molecule has 1 aliphatic rings. The van der Waals surface area contributed by atoms with Crippen molar-refractivity contribution in [3.63, 3.8) is 0 Å². The first-order chi connectivity index (χ1) is 12.2. The molecule has 0 fully saturated rings. The molecule has 126 valence electrons. The Hall–Kier alpha value is -3.48. The van der Waals surface area contributed by atoms with Crippen molar-refractivity contribution >= 4 is 22.6 Å². The Kier molecular flexibility index (Phi) is 3.74. The molecular weight excluding hydrogens is 326 g/mol. The summed E-state index contributed by atoms with van der Waals surface area (Å²) in [6, 6.07) is 13.2. The molecule has 2 aromatic carbocycles. The van der Waals surface area contributed by atoms with Crippen LogP contribution in [0.1, 0.15) is 0 Å². The number of anilines is 1. The molecule has 0 spiro atoms. The highest BCUT2D eigenvalue weighted by Gasteiger charge is 2.14. The Bertz CT molecular complexity index is 1010. The van der Waals surface area contributed by atoms with Gasteiger partial charge in [-0.2, -0.15) is 0 Å². The molecule has 1 aromatic heterocycles. The molecule has 2 heterocycles. The monoisotopic (exact) mass is 339 g/mol. The van der Waals surface area contributed by atoms with Gasteiger partial charge in [-0.3, -0.25) is 4.79 Å². The zero-order valence-corrected chi connectivity index (χ0v) is 13.0. The average molecular weight is 339 g/mol. The SMILES string of the molecule is O=C(COc1ccc2ccc(=O)oc2c1)Nc1ccc2c(c1)OCO2. The van der Waals surface area contributed by atoms with E-state index in [1.165, 1.54) is 6.07 Å². The number of rotatable bonds is 4. The highest BCUT2D eigenvalue weighted by molar-refractivity contribution is 5.92. The Balaban J connectivity index is 1.40. The maximum atomic E-state index is 12.0. The van der Waals surface area contributed by atoms with Gasteiger partial charge in [-0.25, -0.2) is 4.79 Å². The standard InChI is InChI=1S/C18H13NO6/c20-17(19-12-3-5-14-16(7-12)24-10-23-14)9-22-13-4-1-11-2-6-18(21)25-15(11)8-13/h1-8H,9-10H2,(H,19,20). The van der Waals surface area contributed by atoms with Gasteiger partial charge in [-0.1, -0.05) is 0 Å². The van der Waals surface area contributed by atoms with Crippen molar-refractivity contribution < 1.29 is 23.4 Å². The quantitative estimate of drug-likeness (QED) is 0.735. The molecule has 0 aliphatic carbocycles. The van der Waals surface area contributed by atoms with E-state index in [0.717, 1.165) is 5.39 Å². The Labute approximate surface area is 141 Å². The lowest BCUT2D eigenvalue weighted by Gasteiger charge is -2.08. The van der Waals surface area contributed by atoms with Gasteiger partial charge in [-0.15, -0.1) is 0 Å². The van der Waals surface area contributed by atoms with Crippen LogP contribution in [0.5, 0.6) is 17.2 Å². The third kappa shape index (κ3) is 3.25. The van der Waals surface area contributed by atoms with Crippen LogP contribution >= 0.6 is 0 Å². The zero-order valence-electron chi connectivity index (χ0n) is 13.0. The van der Waals surface area contributed by atoms with E-state index >= 15 is 0 Å². The van der Waals surface area contributed by atoms with Gasteiger partial charge < -0.3 is 23.9 Å². The fraction of sp³-hybridized carbons (Fsp3) is 0.111. The van der Waals surface area contributed by atoms with E-state index in [2.05, 4.69) is 5.32 Å². The number of carbonyl (C=O) groups is 1. The van der Waals surface area contributed by atoms with Gasteiger partial charge in [0.2, 0.25) is 6.79 Å². The van der Waals surface area contributed by atoms with Crippen LogP contribution in [0.25, 0.3) is 11.0 Å². The Morgan fingerprint density at radius 3 is 2.80 bits per heavy atom. The maximum absolute atomic E-state index is 12.0. The fourth-order valence-corrected chi connectivity index (χ4v) is 2.45. The topological polar surface area (TPSA) is 87.0 Å². The first kappa shape index (κ1) is 15.1. The van der Waals surface area contributed by atoms with Crippen LogP contribution in [-0.4, -0.2) is 19.3 Å². The Morgan fingerprint density at radius 1 is 1.04 bits per heavy atom. The molecule has 0 unspecified atom stereocenters. The summed E-state index contributed by atoms with van der Waals surface area (Å²) in [5, 5.41) is 3.49. The Morgan fingerprint density at radius 2 is 1.88 bits per heavy atom. The van der Waals surface area contributed by atoms with Crippen molar-refractivity contribution in [1.82, 2.24) is 0 Å². The van der Waals surface area contributed by atoms with Crippen molar-refractivity contribution in [2.75, 3.05) is 18.7 Å². The minimum atomic E-state index is -0.440. The van der Waals surface area contributed by atoms with E-state index in [9.17, 15) is 9.59 Å². The summed E-state index contributed by atoms with van der Waals surface area (Å²) in [5.41, 5.74) is 0.550. The van der Waals surface area contributed by atoms with Gasteiger partial charge in [0.05, 0.1) is 0 Å². The number of benzene rings is 2. The van der Waals surface area contributed by atoms with E-state index in [0.29, 0.717) is 28.5 Å². The average Bonchev–Trinajstić information content (AvgIpc) is 3.07. The second-order valence-electron chi connectivity index (χ2n) is 5.36. The summed E-state index contributed by atoms with van der Waals surface area (Å²) in [6.45, 7) is -0.00898. The van der Waals surface area contributed by atoms with E-state index in [4.69, 9.17) is 18.6 Å². The lowest BCUT2D eigenvalue weighted by Crippen LogP contribution is -2.20. The molecule has 7 heteroatoms. The molecule has 0 atom stereocenters. The number of ether oxygens (including phenoxy) is 3. The van der Waals surface area contributed by atoms with Crippen LogP contribution in [0, 0.1) is 0 Å². The van der Waals surface area contributed by atoms with Gasteiger partial charge in [0, 0.05) is 29.3 Å². The third-order valence-electron chi connectivity index (χ3n) is 3.62. The molecule has 0 radical (unpaired) electrons. The molecule has 1 amide bonds. The van der Waals surface area contributed by atoms with Gasteiger partial charge in [0.1, 0.15) is 11.3 Å². The number of hydrogen-bond donors (Lipinski definition) is 1. The van der Waals surface area contributed by atoms with E-state index in [1.54, 1.807) is 42.5 Å². The van der Waals surface area contributed by atoms with Gasteiger partial charge in [0.15, 0.2) is 18.1 Å². The summed E-state index contributed by atoms with van der Waals surface area (Å²) < 4.78 is 21.0. The molecule has 0 bridgehead atoms. The lowest BCUT2D eigenvalue weighted by atomic mass is 10.2. The summed E-state index contributed by atoms with van der Waals surface area (Å²) in [5.74, 6) is 1.34. The van der Waals surface area contributed by atoms with E-state index in [-0.39, 0.29) is 19.3 Å². The number of hydrogen-bond acceptors (Lipinski definition) is 6. The predicted octanol–water partition coefficient (Wildman–Crippen LogP) is 2.54. The molecule has 7 nitrogen and oxygen atoms in total. The first-order valence-corrected chi connectivity index (χ1v) is 7.54. The first-order valence-electron chi connectivity index (χ1n) is 7.54. The van der Waals surface area contributed by atoms with Gasteiger partial charge in [-0.05, 0) is 30.3 Å². The van der Waals surface area contributed by atoms with Crippen LogP contribution in [0.3, 0.4) is 0 Å². The van der Waals surface area contributed by atoms with E-state index in [1.807, 2.05) is 0 Å². The maximum Gasteiger partial charge on any atom is 0.336 e. The van der Waals surface area contributed by atoms with Crippen molar-refractivity contribution in [3.05, 3.63) is 59.0 Å². The predicted molar refractivity (Wildman–Crippen MR) is 89.2 cm³/mol. The van der Waals surface area contributed by atoms with Crippen molar-refractivity contribution in [1.29, 1.82) is 0 Å². The largest absolute Gasteiger partial charge is 0.484 e. The second-order valence-corrected chi connectivity index (χ2v) is 5.36. The highest BCUT2D eigenvalue weighted by atomic mass is 16.7. The molecule has 4 rings (SSSR count). The molecule has 1 aliphatic heterocycles. The van der Waals surface area contributed by atoms with Gasteiger partial charge >= 0.3 is 5.63 Å². The van der Waals surface area contributed by atoms with Crippen LogP contribution < -0.4 is 25.2 Å². The molecule has 25 heavy (non-hydrogen) atoms. The minimum Gasteiger partial charge on any atom is -0.484 e. The summed E-state index contributed by atoms with van der Waals surface area (Å²) >= 11 is 0. The van der Waals surface area contributed by atoms with Gasteiger partial charge in [0.25, 0.3) is 5.91 Å². The molecule has 0 saturated carbocycles. The number of carbonyl (C=O) groups excluding carboxylic acids is 1. The summed E-state index contributed by atoms with van der Waals surface area (Å²) in [7, 11) is 0. The van der Waals surface area contributed by atoms with Crippen LogP contribution in [0.4, 0.5) is 5.69 Å². The zero-order chi connectivity index (χ0) is 17.2. The smallest absolute Gasteiger partial charge is 0.336 e. The van der Waals surface area contributed by atoms with Crippen molar-refractivity contribution in [3.8, 4) is 17.2 Å². The normalized spacial score (nSPS) is 12.2.